The summed E-state index contributed by atoms with van der Waals surface area (Å²) in [5, 5.41) is 9.57. The molecule has 1 rings (SSSR count). The Labute approximate surface area is 86.1 Å². The van der Waals surface area contributed by atoms with Crippen LogP contribution >= 0.6 is 11.3 Å². The lowest BCUT2D eigenvalue weighted by atomic mass is 10.0. The number of carbonyl (C=O) groups is 1. The van der Waals surface area contributed by atoms with Crippen LogP contribution in [0.4, 0.5) is 4.79 Å². The van der Waals surface area contributed by atoms with Gasteiger partial charge in [0.15, 0.2) is 0 Å². The van der Waals surface area contributed by atoms with E-state index in [1.165, 1.54) is 11.3 Å². The lowest BCUT2D eigenvalue weighted by Crippen LogP contribution is -2.41. The molecule has 1 radical (unpaired) electrons. The maximum Gasteiger partial charge on any atom is 0.422 e. The zero-order chi connectivity index (χ0) is 10.7. The molecule has 0 aliphatic rings. The molecule has 1 amide bonds. The summed E-state index contributed by atoms with van der Waals surface area (Å²) in [6.07, 6.45) is 0.482. The van der Waals surface area contributed by atoms with Crippen molar-refractivity contribution in [2.45, 2.75) is 19.9 Å². The number of hydrogen-bond acceptors (Lipinski definition) is 4. The minimum atomic E-state index is -1.15. The third kappa shape index (κ3) is 2.21. The summed E-state index contributed by atoms with van der Waals surface area (Å²) in [6.45, 7) is 3.68. The van der Waals surface area contributed by atoms with Crippen molar-refractivity contribution >= 4 is 17.4 Å². The highest BCUT2D eigenvalue weighted by atomic mass is 32.1. The number of thiazole rings is 1. The third-order valence-corrected chi connectivity index (χ3v) is 2.59. The molecular weight excluding hydrogens is 202 g/mol. The van der Waals surface area contributed by atoms with Gasteiger partial charge in [-0.1, -0.05) is 13.8 Å². The number of amides is 1. The van der Waals surface area contributed by atoms with E-state index in [0.29, 0.717) is 0 Å². The molecule has 14 heavy (non-hydrogen) atoms. The minimum Gasteiger partial charge on any atom is -0.464 e. The maximum atomic E-state index is 10.7. The molecule has 77 valence electrons. The fourth-order valence-corrected chi connectivity index (χ4v) is 2.01. The Balaban J connectivity index is 2.91. The lowest BCUT2D eigenvalue weighted by molar-refractivity contribution is 0.128. The Bertz CT molecular complexity index is 300. The summed E-state index contributed by atoms with van der Waals surface area (Å²) in [6, 6.07) is -0.403. The zero-order valence-corrected chi connectivity index (χ0v) is 8.78. The molecule has 1 unspecified atom stereocenters. The maximum absolute atomic E-state index is 10.7. The Morgan fingerprint density at radius 3 is 2.71 bits per heavy atom. The smallest absolute Gasteiger partial charge is 0.422 e. The molecular formula is C8H12N3O2S. The van der Waals surface area contributed by atoms with E-state index in [4.69, 9.17) is 10.9 Å². The van der Waals surface area contributed by atoms with Crippen molar-refractivity contribution < 1.29 is 9.90 Å². The van der Waals surface area contributed by atoms with Crippen LogP contribution in [0.25, 0.3) is 0 Å². The van der Waals surface area contributed by atoms with Gasteiger partial charge >= 0.3 is 6.09 Å². The highest BCUT2D eigenvalue weighted by Crippen LogP contribution is 2.30. The SMILES string of the molecule is C[C](C)C(c1cncs1)N(N)C(=O)O. The molecule has 6 heteroatoms. The van der Waals surface area contributed by atoms with Crippen LogP contribution in [0.1, 0.15) is 24.8 Å². The standard InChI is InChI=1S/C8H12N3O2S/c1-5(2)7(11(9)8(12)13)6-3-10-4-14-6/h3-4,7H,9H2,1-2H3,(H,12,13). The van der Waals surface area contributed by atoms with Gasteiger partial charge in [0.1, 0.15) is 0 Å². The molecule has 0 aromatic carbocycles. The van der Waals surface area contributed by atoms with Gasteiger partial charge in [0.05, 0.1) is 11.6 Å². The van der Waals surface area contributed by atoms with Crippen LogP contribution in [-0.4, -0.2) is 21.2 Å². The molecule has 1 heterocycles. The van der Waals surface area contributed by atoms with Crippen molar-refractivity contribution in [2.75, 3.05) is 0 Å². The summed E-state index contributed by atoms with van der Waals surface area (Å²) >= 11 is 1.39. The molecule has 0 bridgehead atoms. The largest absolute Gasteiger partial charge is 0.464 e. The van der Waals surface area contributed by atoms with Gasteiger partial charge in [-0.25, -0.2) is 15.6 Å². The van der Waals surface area contributed by atoms with Gasteiger partial charge in [-0.2, -0.15) is 0 Å². The second-order valence-corrected chi connectivity index (χ2v) is 3.99. The molecule has 0 saturated heterocycles. The molecule has 0 fully saturated rings. The van der Waals surface area contributed by atoms with Gasteiger partial charge in [-0.15, -0.1) is 11.3 Å². The van der Waals surface area contributed by atoms with Crippen LogP contribution in [0.2, 0.25) is 0 Å². The third-order valence-electron chi connectivity index (χ3n) is 1.77. The van der Waals surface area contributed by atoms with Crippen LogP contribution < -0.4 is 5.84 Å². The average molecular weight is 214 g/mol. The van der Waals surface area contributed by atoms with E-state index in [0.717, 1.165) is 15.8 Å². The first-order valence-corrected chi connectivity index (χ1v) is 4.87. The van der Waals surface area contributed by atoms with Crippen molar-refractivity contribution in [2.24, 2.45) is 5.84 Å². The Kier molecular flexibility index (Phi) is 3.43. The molecule has 3 N–H and O–H groups in total. The summed E-state index contributed by atoms with van der Waals surface area (Å²) in [5.41, 5.74) is 1.65. The Hall–Kier alpha value is -1.14. The van der Waals surface area contributed by atoms with Gasteiger partial charge in [0, 0.05) is 11.1 Å². The van der Waals surface area contributed by atoms with Crippen molar-refractivity contribution in [3.63, 3.8) is 0 Å². The van der Waals surface area contributed by atoms with Gasteiger partial charge in [0.2, 0.25) is 0 Å². The summed E-state index contributed by atoms with van der Waals surface area (Å²) < 4.78 is 0. The number of nitrogens with two attached hydrogens (primary N) is 1. The Morgan fingerprint density at radius 1 is 1.71 bits per heavy atom. The first kappa shape index (κ1) is 10.9. The predicted molar refractivity (Wildman–Crippen MR) is 53.5 cm³/mol. The van der Waals surface area contributed by atoms with E-state index in [2.05, 4.69) is 4.98 Å². The number of aromatic nitrogens is 1. The highest BCUT2D eigenvalue weighted by molar-refractivity contribution is 7.09. The number of nitrogens with zero attached hydrogens (tertiary/aromatic N) is 2. The predicted octanol–water partition coefficient (Wildman–Crippen LogP) is 1.65. The van der Waals surface area contributed by atoms with Crippen molar-refractivity contribution in [1.82, 2.24) is 9.99 Å². The van der Waals surface area contributed by atoms with Crippen LogP contribution in [0.3, 0.4) is 0 Å². The molecule has 5 nitrogen and oxygen atoms in total. The van der Waals surface area contributed by atoms with Crippen molar-refractivity contribution in [1.29, 1.82) is 0 Å². The second kappa shape index (κ2) is 4.39. The first-order chi connectivity index (χ1) is 6.54. The monoisotopic (exact) mass is 214 g/mol. The average Bonchev–Trinajstić information content (AvgIpc) is 2.56. The van der Waals surface area contributed by atoms with E-state index >= 15 is 0 Å². The summed E-state index contributed by atoms with van der Waals surface area (Å²) in [7, 11) is 0. The summed E-state index contributed by atoms with van der Waals surface area (Å²) in [5.74, 6) is 6.36. The van der Waals surface area contributed by atoms with Gasteiger partial charge in [-0.3, -0.25) is 4.98 Å². The van der Waals surface area contributed by atoms with Crippen LogP contribution in [0, 0.1) is 5.92 Å². The second-order valence-electron chi connectivity index (χ2n) is 3.07. The first-order valence-electron chi connectivity index (χ1n) is 3.99. The van der Waals surface area contributed by atoms with Gasteiger partial charge < -0.3 is 5.11 Å². The summed E-state index contributed by atoms with van der Waals surface area (Å²) in [4.78, 5) is 15.4. The zero-order valence-electron chi connectivity index (χ0n) is 7.97. The molecule has 0 saturated carbocycles. The van der Waals surface area contributed by atoms with E-state index in [1.807, 2.05) is 13.8 Å². The molecule has 1 aromatic heterocycles. The van der Waals surface area contributed by atoms with Gasteiger partial charge in [0.25, 0.3) is 0 Å². The molecule has 1 atom stereocenters. The fraction of sp³-hybridized carbons (Fsp3) is 0.375. The van der Waals surface area contributed by atoms with Crippen LogP contribution in [-0.2, 0) is 0 Å². The molecule has 0 aliphatic heterocycles. The molecule has 0 aliphatic carbocycles. The minimum absolute atomic E-state index is 0.403. The number of carboxylic acid groups (broad SMARTS) is 1. The normalized spacial score (nSPS) is 12.9. The Morgan fingerprint density at radius 2 is 2.36 bits per heavy atom. The number of hydrazine groups is 1. The van der Waals surface area contributed by atoms with E-state index in [1.54, 1.807) is 11.7 Å². The molecule has 1 aromatic rings. The lowest BCUT2D eigenvalue weighted by Gasteiger charge is -2.26. The number of rotatable bonds is 3. The van der Waals surface area contributed by atoms with Crippen molar-refractivity contribution in [3.05, 3.63) is 22.5 Å². The fourth-order valence-electron chi connectivity index (χ4n) is 1.17. The molecule has 0 spiro atoms. The van der Waals surface area contributed by atoms with Gasteiger partial charge in [-0.05, 0) is 5.92 Å². The highest BCUT2D eigenvalue weighted by Gasteiger charge is 2.26. The number of hydrogen-bond donors (Lipinski definition) is 2. The van der Waals surface area contributed by atoms with Crippen molar-refractivity contribution in [3.8, 4) is 0 Å². The van der Waals surface area contributed by atoms with Crippen LogP contribution in [0.15, 0.2) is 11.7 Å². The van der Waals surface area contributed by atoms with Crippen LogP contribution in [0.5, 0.6) is 0 Å². The van der Waals surface area contributed by atoms with E-state index in [-0.39, 0.29) is 0 Å². The quantitative estimate of drug-likeness (QED) is 0.455. The topological polar surface area (TPSA) is 79.5 Å². The van der Waals surface area contributed by atoms with E-state index < -0.39 is 12.1 Å². The van der Waals surface area contributed by atoms with E-state index in [9.17, 15) is 4.79 Å².